The van der Waals surface area contributed by atoms with Crippen LogP contribution in [0.5, 0.6) is 0 Å². The summed E-state index contributed by atoms with van der Waals surface area (Å²) in [6.07, 6.45) is 0.0482. The molecular weight excluding hydrogens is 309 g/mol. The summed E-state index contributed by atoms with van der Waals surface area (Å²) in [6, 6.07) is 6.00. The maximum atomic E-state index is 12.2. The maximum absolute atomic E-state index is 12.2. The van der Waals surface area contributed by atoms with E-state index in [0.29, 0.717) is 17.9 Å². The van der Waals surface area contributed by atoms with Crippen LogP contribution in [0.4, 0.5) is 18.9 Å². The van der Waals surface area contributed by atoms with Crippen molar-refractivity contribution in [1.29, 1.82) is 0 Å². The van der Waals surface area contributed by atoms with E-state index in [2.05, 4.69) is 5.32 Å². The van der Waals surface area contributed by atoms with Gasteiger partial charge in [-0.25, -0.2) is 0 Å². The van der Waals surface area contributed by atoms with Crippen LogP contribution in [-0.4, -0.2) is 18.0 Å². The Bertz CT molecular complexity index is 567. The number of carbonyl (C=O) groups is 2. The minimum atomic E-state index is -4.93. The zero-order valence-electron chi connectivity index (χ0n) is 12.6. The Balaban J connectivity index is 1.84. The number of anilines is 1. The highest BCUT2D eigenvalue weighted by Crippen LogP contribution is 2.27. The Morgan fingerprint density at radius 3 is 2.52 bits per heavy atom. The number of carbonyl (C=O) groups excluding carboxylic acids is 2. The predicted molar refractivity (Wildman–Crippen MR) is 79.5 cm³/mol. The summed E-state index contributed by atoms with van der Waals surface area (Å²) in [5, 5.41) is 4.55. The van der Waals surface area contributed by atoms with Gasteiger partial charge in [0, 0.05) is 18.7 Å². The first-order valence-corrected chi connectivity index (χ1v) is 7.58. The monoisotopic (exact) mass is 328 g/mol. The first-order valence-electron chi connectivity index (χ1n) is 7.58. The normalized spacial score (nSPS) is 15.4. The second kappa shape index (κ2) is 7.48. The summed E-state index contributed by atoms with van der Waals surface area (Å²) < 4.78 is 36.6. The van der Waals surface area contributed by atoms with Crippen molar-refractivity contribution in [1.82, 2.24) is 5.32 Å². The second-order valence-electron chi connectivity index (χ2n) is 5.78. The van der Waals surface area contributed by atoms with Gasteiger partial charge in [-0.2, -0.15) is 13.2 Å². The van der Waals surface area contributed by atoms with Crippen LogP contribution in [0.15, 0.2) is 24.3 Å². The van der Waals surface area contributed by atoms with Crippen LogP contribution in [0.25, 0.3) is 0 Å². The Labute approximate surface area is 132 Å². The van der Waals surface area contributed by atoms with Gasteiger partial charge in [0.2, 0.25) is 5.91 Å². The Hall–Kier alpha value is -2.05. The number of alkyl halides is 3. The first-order chi connectivity index (χ1) is 10.8. The average Bonchev–Trinajstić information content (AvgIpc) is 2.97. The smallest absolute Gasteiger partial charge is 0.352 e. The minimum absolute atomic E-state index is 0.0508. The van der Waals surface area contributed by atoms with Gasteiger partial charge in [0.1, 0.15) is 0 Å². The van der Waals surface area contributed by atoms with E-state index in [1.54, 1.807) is 11.4 Å². The van der Waals surface area contributed by atoms with Gasteiger partial charge in [-0.05, 0) is 36.5 Å². The second-order valence-corrected chi connectivity index (χ2v) is 5.78. The van der Waals surface area contributed by atoms with Crippen LogP contribution in [0.1, 0.15) is 37.7 Å². The fourth-order valence-corrected chi connectivity index (χ4v) is 2.71. The van der Waals surface area contributed by atoms with Crippen LogP contribution in [0, 0.1) is 5.92 Å². The van der Waals surface area contributed by atoms with Gasteiger partial charge in [0.25, 0.3) is 0 Å². The molecule has 1 aliphatic rings. The number of nitrogens with one attached hydrogen (secondary N) is 2. The molecule has 0 aromatic heterocycles. The summed E-state index contributed by atoms with van der Waals surface area (Å²) in [5.74, 6) is -1.63. The molecule has 23 heavy (non-hydrogen) atoms. The Morgan fingerprint density at radius 1 is 1.17 bits per heavy atom. The number of halogens is 3. The third kappa shape index (κ3) is 5.58. The van der Waals surface area contributed by atoms with Crippen LogP contribution in [-0.2, 0) is 16.1 Å². The molecule has 1 aliphatic carbocycles. The summed E-state index contributed by atoms with van der Waals surface area (Å²) in [7, 11) is 0. The van der Waals surface area contributed by atoms with Crippen molar-refractivity contribution >= 4 is 17.5 Å². The SMILES string of the molecule is O=C(CC1CCCC1)NCc1cccc(NC(=O)C(F)(F)F)c1. The largest absolute Gasteiger partial charge is 0.471 e. The van der Waals surface area contributed by atoms with E-state index in [9.17, 15) is 22.8 Å². The molecule has 0 radical (unpaired) electrons. The standard InChI is InChI=1S/C16H19F3N2O2/c17-16(18,19)15(23)21-13-7-3-6-12(8-13)10-20-14(22)9-11-4-1-2-5-11/h3,6-8,11H,1-2,4-5,9-10H2,(H,20,22)(H,21,23). The zero-order valence-corrected chi connectivity index (χ0v) is 12.6. The fourth-order valence-electron chi connectivity index (χ4n) is 2.71. The van der Waals surface area contributed by atoms with Crippen molar-refractivity contribution in [3.05, 3.63) is 29.8 Å². The van der Waals surface area contributed by atoms with E-state index in [1.807, 2.05) is 0 Å². The highest BCUT2D eigenvalue weighted by molar-refractivity contribution is 5.94. The highest BCUT2D eigenvalue weighted by Gasteiger charge is 2.38. The lowest BCUT2D eigenvalue weighted by Gasteiger charge is -2.11. The minimum Gasteiger partial charge on any atom is -0.352 e. The predicted octanol–water partition coefficient (Wildman–Crippen LogP) is 3.38. The van der Waals surface area contributed by atoms with Crippen molar-refractivity contribution in [2.45, 2.75) is 44.8 Å². The molecule has 2 rings (SSSR count). The summed E-state index contributed by atoms with van der Waals surface area (Å²) in [6.45, 7) is 0.223. The molecule has 0 heterocycles. The molecule has 7 heteroatoms. The number of benzene rings is 1. The molecule has 0 aliphatic heterocycles. The number of amides is 2. The van der Waals surface area contributed by atoms with Gasteiger partial charge < -0.3 is 10.6 Å². The van der Waals surface area contributed by atoms with Gasteiger partial charge in [-0.1, -0.05) is 25.0 Å². The van der Waals surface area contributed by atoms with E-state index < -0.39 is 12.1 Å². The van der Waals surface area contributed by atoms with Gasteiger partial charge >= 0.3 is 12.1 Å². The fraction of sp³-hybridized carbons (Fsp3) is 0.500. The van der Waals surface area contributed by atoms with Crippen LogP contribution in [0.3, 0.4) is 0 Å². The third-order valence-electron chi connectivity index (χ3n) is 3.88. The molecule has 2 amide bonds. The van der Waals surface area contributed by atoms with E-state index >= 15 is 0 Å². The molecule has 0 saturated heterocycles. The Morgan fingerprint density at radius 2 is 1.87 bits per heavy atom. The summed E-state index contributed by atoms with van der Waals surface area (Å²) in [5.41, 5.74) is 0.680. The molecule has 0 spiro atoms. The zero-order chi connectivity index (χ0) is 16.9. The molecule has 2 N–H and O–H groups in total. The van der Waals surface area contributed by atoms with Gasteiger partial charge in [0.05, 0.1) is 0 Å². The summed E-state index contributed by atoms with van der Waals surface area (Å²) in [4.78, 5) is 22.7. The maximum Gasteiger partial charge on any atom is 0.471 e. The molecule has 4 nitrogen and oxygen atoms in total. The van der Waals surface area contributed by atoms with Crippen molar-refractivity contribution in [2.75, 3.05) is 5.32 Å². The van der Waals surface area contributed by atoms with E-state index in [-0.39, 0.29) is 18.1 Å². The lowest BCUT2D eigenvalue weighted by atomic mass is 10.0. The topological polar surface area (TPSA) is 58.2 Å². The first kappa shape index (κ1) is 17.3. The molecule has 126 valence electrons. The molecule has 1 aromatic carbocycles. The van der Waals surface area contributed by atoms with Crippen molar-refractivity contribution in [3.8, 4) is 0 Å². The quantitative estimate of drug-likeness (QED) is 0.870. The average molecular weight is 328 g/mol. The lowest BCUT2D eigenvalue weighted by molar-refractivity contribution is -0.167. The highest BCUT2D eigenvalue weighted by atomic mass is 19.4. The van der Waals surface area contributed by atoms with Gasteiger partial charge in [0.15, 0.2) is 0 Å². The van der Waals surface area contributed by atoms with Crippen molar-refractivity contribution < 1.29 is 22.8 Å². The molecule has 0 bridgehead atoms. The number of hydrogen-bond donors (Lipinski definition) is 2. The third-order valence-corrected chi connectivity index (χ3v) is 3.88. The van der Waals surface area contributed by atoms with Gasteiger partial charge in [-0.15, -0.1) is 0 Å². The van der Waals surface area contributed by atoms with E-state index in [4.69, 9.17) is 0 Å². The molecule has 0 atom stereocenters. The van der Waals surface area contributed by atoms with Crippen LogP contribution >= 0.6 is 0 Å². The lowest BCUT2D eigenvalue weighted by Crippen LogP contribution is -2.30. The van der Waals surface area contributed by atoms with Crippen molar-refractivity contribution in [3.63, 3.8) is 0 Å². The van der Waals surface area contributed by atoms with Crippen molar-refractivity contribution in [2.24, 2.45) is 5.92 Å². The molecule has 1 saturated carbocycles. The molecule has 1 fully saturated rings. The molecular formula is C16H19F3N2O2. The van der Waals surface area contributed by atoms with Gasteiger partial charge in [-0.3, -0.25) is 9.59 Å². The molecule has 1 aromatic rings. The number of rotatable bonds is 5. The van der Waals surface area contributed by atoms with Crippen LogP contribution in [0.2, 0.25) is 0 Å². The Kier molecular flexibility index (Phi) is 5.63. The summed E-state index contributed by atoms with van der Waals surface area (Å²) >= 11 is 0. The van der Waals surface area contributed by atoms with E-state index in [0.717, 1.165) is 12.8 Å². The van der Waals surface area contributed by atoms with E-state index in [1.165, 1.54) is 31.0 Å². The number of hydrogen-bond acceptors (Lipinski definition) is 2. The molecule has 0 unspecified atom stereocenters. The van der Waals surface area contributed by atoms with Crippen LogP contribution < -0.4 is 10.6 Å².